The third-order valence-electron chi connectivity index (χ3n) is 2.71. The van der Waals surface area contributed by atoms with Gasteiger partial charge in [0, 0.05) is 45.6 Å². The zero-order valence-electron chi connectivity index (χ0n) is 13.1. The molecule has 23 heavy (non-hydrogen) atoms. The van der Waals surface area contributed by atoms with Crippen molar-refractivity contribution in [1.29, 1.82) is 0 Å². The molecule has 0 unspecified atom stereocenters. The van der Waals surface area contributed by atoms with Crippen LogP contribution in [0.4, 0.5) is 13.2 Å². The Bertz CT molecular complexity index is 495. The van der Waals surface area contributed by atoms with Gasteiger partial charge in [-0.1, -0.05) is 6.07 Å². The molecule has 0 aromatic carbocycles. The number of pyridine rings is 1. The maximum absolute atomic E-state index is 12.2. The summed E-state index contributed by atoms with van der Waals surface area (Å²) in [6.45, 7) is 0.159. The minimum atomic E-state index is -4.40. The summed E-state index contributed by atoms with van der Waals surface area (Å²) in [6.07, 6.45) is -2.21. The first-order valence-corrected chi connectivity index (χ1v) is 7.03. The van der Waals surface area contributed by atoms with E-state index in [2.05, 4.69) is 20.6 Å². The van der Waals surface area contributed by atoms with Gasteiger partial charge in [-0.2, -0.15) is 13.2 Å². The van der Waals surface area contributed by atoms with E-state index in [1.807, 2.05) is 0 Å². The molecule has 0 radical (unpaired) electrons. The van der Waals surface area contributed by atoms with Crippen LogP contribution in [0.25, 0.3) is 0 Å². The summed E-state index contributed by atoms with van der Waals surface area (Å²) in [5.74, 6) is 0.485. The Morgan fingerprint density at radius 3 is 2.78 bits per heavy atom. The Kier molecular flexibility index (Phi) is 8.17. The van der Waals surface area contributed by atoms with Gasteiger partial charge in [0.25, 0.3) is 0 Å². The minimum absolute atomic E-state index is 0.0489. The van der Waals surface area contributed by atoms with Gasteiger partial charge in [-0.25, -0.2) is 4.98 Å². The topological polar surface area (TPSA) is 67.8 Å². The Labute approximate surface area is 133 Å². The molecule has 130 valence electrons. The van der Waals surface area contributed by atoms with Crippen LogP contribution < -0.4 is 15.4 Å². The number of aromatic nitrogens is 1. The molecule has 0 aliphatic heterocycles. The first kappa shape index (κ1) is 19.0. The summed E-state index contributed by atoms with van der Waals surface area (Å²) in [6, 6.07) is 3.27. The van der Waals surface area contributed by atoms with E-state index in [0.717, 1.165) is 6.42 Å². The van der Waals surface area contributed by atoms with E-state index in [9.17, 15) is 13.2 Å². The van der Waals surface area contributed by atoms with Crippen LogP contribution in [-0.2, 0) is 11.3 Å². The van der Waals surface area contributed by atoms with Crippen molar-refractivity contribution in [2.24, 2.45) is 4.99 Å². The van der Waals surface area contributed by atoms with E-state index in [1.54, 1.807) is 26.3 Å². The number of guanidine groups is 1. The number of nitrogens with zero attached hydrogens (tertiary/aromatic N) is 2. The molecule has 0 spiro atoms. The van der Waals surface area contributed by atoms with Crippen molar-refractivity contribution in [3.63, 3.8) is 0 Å². The van der Waals surface area contributed by atoms with Gasteiger partial charge in [-0.05, 0) is 12.5 Å². The molecule has 6 nitrogen and oxygen atoms in total. The molecular weight excluding hydrogens is 313 g/mol. The fourth-order valence-corrected chi connectivity index (χ4v) is 1.66. The monoisotopic (exact) mass is 334 g/mol. The lowest BCUT2D eigenvalue weighted by atomic mass is 10.2. The predicted octanol–water partition coefficient (Wildman–Crippen LogP) is 1.72. The number of hydrogen-bond donors (Lipinski definition) is 2. The molecule has 1 heterocycles. The van der Waals surface area contributed by atoms with Gasteiger partial charge >= 0.3 is 6.18 Å². The van der Waals surface area contributed by atoms with E-state index >= 15 is 0 Å². The molecule has 0 fully saturated rings. The van der Waals surface area contributed by atoms with Crippen molar-refractivity contribution in [2.75, 3.05) is 33.9 Å². The molecule has 0 saturated carbocycles. The van der Waals surface area contributed by atoms with E-state index in [1.165, 1.54) is 6.20 Å². The first-order valence-electron chi connectivity index (χ1n) is 7.03. The molecule has 0 saturated heterocycles. The normalized spacial score (nSPS) is 12.1. The Balaban J connectivity index is 2.52. The number of methoxy groups -OCH3 is 1. The lowest BCUT2D eigenvalue weighted by Gasteiger charge is -2.14. The lowest BCUT2D eigenvalue weighted by molar-refractivity contribution is -0.154. The van der Waals surface area contributed by atoms with Crippen molar-refractivity contribution in [3.05, 3.63) is 23.9 Å². The SMILES string of the molecule is CN=C(NCCCOC)NCc1cccnc1OCC(F)(F)F. The van der Waals surface area contributed by atoms with Gasteiger partial charge in [0.05, 0.1) is 0 Å². The van der Waals surface area contributed by atoms with E-state index in [0.29, 0.717) is 24.7 Å². The van der Waals surface area contributed by atoms with Crippen molar-refractivity contribution in [1.82, 2.24) is 15.6 Å². The minimum Gasteiger partial charge on any atom is -0.468 e. The number of halogens is 3. The second kappa shape index (κ2) is 9.88. The number of ether oxygens (including phenoxy) is 2. The number of hydrogen-bond acceptors (Lipinski definition) is 4. The van der Waals surface area contributed by atoms with Crippen molar-refractivity contribution < 1.29 is 22.6 Å². The zero-order valence-corrected chi connectivity index (χ0v) is 13.1. The molecule has 1 aromatic heterocycles. The van der Waals surface area contributed by atoms with Crippen LogP contribution in [0.3, 0.4) is 0 Å². The number of rotatable bonds is 8. The number of aliphatic imine (C=N–C) groups is 1. The highest BCUT2D eigenvalue weighted by molar-refractivity contribution is 5.79. The van der Waals surface area contributed by atoms with Crippen molar-refractivity contribution >= 4 is 5.96 Å². The van der Waals surface area contributed by atoms with Gasteiger partial charge < -0.3 is 20.1 Å². The summed E-state index contributed by atoms with van der Waals surface area (Å²) in [4.78, 5) is 7.86. The summed E-state index contributed by atoms with van der Waals surface area (Å²) in [7, 11) is 3.23. The maximum Gasteiger partial charge on any atom is 0.422 e. The highest BCUT2D eigenvalue weighted by atomic mass is 19.4. The summed E-state index contributed by atoms with van der Waals surface area (Å²) in [5.41, 5.74) is 0.511. The molecule has 0 amide bonds. The molecule has 0 aliphatic rings. The predicted molar refractivity (Wildman–Crippen MR) is 80.5 cm³/mol. The lowest BCUT2D eigenvalue weighted by Crippen LogP contribution is -2.37. The molecular formula is C14H21F3N4O2. The summed E-state index contributed by atoms with van der Waals surface area (Å²) >= 11 is 0. The van der Waals surface area contributed by atoms with Gasteiger partial charge in [0.2, 0.25) is 5.88 Å². The van der Waals surface area contributed by atoms with Crippen LogP contribution in [-0.4, -0.2) is 51.0 Å². The molecule has 0 aliphatic carbocycles. The zero-order chi connectivity index (χ0) is 17.1. The van der Waals surface area contributed by atoms with Gasteiger partial charge in [0.15, 0.2) is 12.6 Å². The van der Waals surface area contributed by atoms with Crippen molar-refractivity contribution in [3.8, 4) is 5.88 Å². The smallest absolute Gasteiger partial charge is 0.422 e. The quantitative estimate of drug-likeness (QED) is 0.430. The standard InChI is InChI=1S/C14H21F3N4O2/c1-18-13(20-7-4-8-22-2)21-9-11-5-3-6-19-12(11)23-10-14(15,16)17/h3,5-6H,4,7-10H2,1-2H3,(H2,18,20,21). The van der Waals surface area contributed by atoms with Crippen LogP contribution in [0, 0.1) is 0 Å². The van der Waals surface area contributed by atoms with Crippen molar-refractivity contribution in [2.45, 2.75) is 19.1 Å². The van der Waals surface area contributed by atoms with Crippen LogP contribution in [0.15, 0.2) is 23.3 Å². The maximum atomic E-state index is 12.2. The number of nitrogens with one attached hydrogen (secondary N) is 2. The molecule has 0 bridgehead atoms. The average molecular weight is 334 g/mol. The van der Waals surface area contributed by atoms with E-state index in [-0.39, 0.29) is 12.4 Å². The Morgan fingerprint density at radius 2 is 2.13 bits per heavy atom. The van der Waals surface area contributed by atoms with Crippen LogP contribution >= 0.6 is 0 Å². The molecule has 9 heteroatoms. The fraction of sp³-hybridized carbons (Fsp3) is 0.571. The highest BCUT2D eigenvalue weighted by Crippen LogP contribution is 2.19. The Morgan fingerprint density at radius 1 is 1.35 bits per heavy atom. The molecule has 0 atom stereocenters. The summed E-state index contributed by atoms with van der Waals surface area (Å²) in [5, 5.41) is 6.06. The van der Waals surface area contributed by atoms with E-state index in [4.69, 9.17) is 9.47 Å². The molecule has 1 rings (SSSR count). The van der Waals surface area contributed by atoms with Gasteiger partial charge in [-0.3, -0.25) is 4.99 Å². The third kappa shape index (κ3) is 8.24. The Hall–Kier alpha value is -2.03. The van der Waals surface area contributed by atoms with Crippen LogP contribution in [0.1, 0.15) is 12.0 Å². The van der Waals surface area contributed by atoms with Crippen LogP contribution in [0.2, 0.25) is 0 Å². The van der Waals surface area contributed by atoms with Gasteiger partial charge in [-0.15, -0.1) is 0 Å². The first-order chi connectivity index (χ1) is 11.0. The second-order valence-corrected chi connectivity index (χ2v) is 4.57. The second-order valence-electron chi connectivity index (χ2n) is 4.57. The third-order valence-corrected chi connectivity index (χ3v) is 2.71. The molecule has 2 N–H and O–H groups in total. The average Bonchev–Trinajstić information content (AvgIpc) is 2.52. The highest BCUT2D eigenvalue weighted by Gasteiger charge is 2.29. The molecule has 1 aromatic rings. The fourth-order valence-electron chi connectivity index (χ4n) is 1.66. The van der Waals surface area contributed by atoms with Crippen LogP contribution in [0.5, 0.6) is 5.88 Å². The number of alkyl halides is 3. The van der Waals surface area contributed by atoms with Gasteiger partial charge in [0.1, 0.15) is 0 Å². The van der Waals surface area contributed by atoms with E-state index < -0.39 is 12.8 Å². The largest absolute Gasteiger partial charge is 0.468 e. The summed E-state index contributed by atoms with van der Waals surface area (Å²) < 4.78 is 46.4.